The van der Waals surface area contributed by atoms with E-state index in [0.717, 1.165) is 0 Å². The third-order valence-electron chi connectivity index (χ3n) is 2.68. The molecule has 5 N–H and O–H groups in total. The van der Waals surface area contributed by atoms with E-state index in [0.29, 0.717) is 17.0 Å². The quantitative estimate of drug-likeness (QED) is 0.516. The lowest BCUT2D eigenvalue weighted by Crippen LogP contribution is -2.22. The molecule has 0 aliphatic carbocycles. The Morgan fingerprint density at radius 1 is 1.45 bits per heavy atom. The van der Waals surface area contributed by atoms with Gasteiger partial charge in [0.05, 0.1) is 12.7 Å². The molecule has 0 radical (unpaired) electrons. The summed E-state index contributed by atoms with van der Waals surface area (Å²) < 4.78 is 17.3. The van der Waals surface area contributed by atoms with Crippen LogP contribution in [0.3, 0.4) is 0 Å². The van der Waals surface area contributed by atoms with Gasteiger partial charge in [0, 0.05) is 12.1 Å². The predicted octanol–water partition coefficient (Wildman–Crippen LogP) is -0.633. The van der Waals surface area contributed by atoms with Crippen LogP contribution in [0.1, 0.15) is 5.69 Å². The van der Waals surface area contributed by atoms with Gasteiger partial charge in [-0.05, 0) is 12.1 Å². The first kappa shape index (κ1) is 14.9. The highest BCUT2D eigenvalue weighted by Gasteiger charge is 2.19. The molecule has 0 amide bonds. The van der Waals surface area contributed by atoms with Crippen molar-refractivity contribution in [2.24, 2.45) is 0 Å². The van der Waals surface area contributed by atoms with E-state index in [1.54, 1.807) is 16.6 Å². The molecule has 1 atom stereocenters. The number of rotatable bonds is 6. The highest BCUT2D eigenvalue weighted by atomic mass is 31.2. The first-order chi connectivity index (χ1) is 9.40. The molecule has 0 fully saturated rings. The standard InChI is InChI=1S/C10H15N4O5P/c11-10-9-2-1-7(14(9)13-5-12-10)3-8(4-15)19-6-20(16,17)18/h1-2,5,8,15H,3-4,6H2,(H2,11,12,13)(H2,16,17,18). The number of hydrogen-bond acceptors (Lipinski definition) is 6. The van der Waals surface area contributed by atoms with Gasteiger partial charge in [0.1, 0.15) is 18.2 Å². The second-order valence-electron chi connectivity index (χ2n) is 4.24. The van der Waals surface area contributed by atoms with Crippen molar-refractivity contribution in [1.82, 2.24) is 14.6 Å². The van der Waals surface area contributed by atoms with Gasteiger partial charge in [-0.25, -0.2) is 9.50 Å². The van der Waals surface area contributed by atoms with Gasteiger partial charge in [-0.1, -0.05) is 0 Å². The zero-order valence-corrected chi connectivity index (χ0v) is 11.3. The summed E-state index contributed by atoms with van der Waals surface area (Å²) >= 11 is 0. The maximum atomic E-state index is 10.8. The third kappa shape index (κ3) is 3.53. The first-order valence-electron chi connectivity index (χ1n) is 5.75. The Balaban J connectivity index is 2.14. The highest BCUT2D eigenvalue weighted by molar-refractivity contribution is 7.51. The van der Waals surface area contributed by atoms with Gasteiger partial charge < -0.3 is 25.4 Å². The minimum absolute atomic E-state index is 0.237. The maximum Gasteiger partial charge on any atom is 0.350 e. The number of nitrogens with two attached hydrogens (primary N) is 1. The fourth-order valence-corrected chi connectivity index (χ4v) is 2.18. The van der Waals surface area contributed by atoms with Crippen molar-refractivity contribution in [3.63, 3.8) is 0 Å². The van der Waals surface area contributed by atoms with Gasteiger partial charge in [0.15, 0.2) is 5.82 Å². The molecule has 0 saturated heterocycles. The molecule has 10 heteroatoms. The van der Waals surface area contributed by atoms with Gasteiger partial charge in [-0.3, -0.25) is 4.57 Å². The SMILES string of the molecule is Nc1ncnn2c(CC(CO)OCP(=O)(O)O)ccc12. The summed E-state index contributed by atoms with van der Waals surface area (Å²) in [5, 5.41) is 13.2. The summed E-state index contributed by atoms with van der Waals surface area (Å²) in [6.07, 6.45) is 0.0627. The Morgan fingerprint density at radius 2 is 2.20 bits per heavy atom. The van der Waals surface area contributed by atoms with Crippen LogP contribution in [-0.2, 0) is 15.7 Å². The normalized spacial score (nSPS) is 13.8. The lowest BCUT2D eigenvalue weighted by molar-refractivity contribution is 0.0300. The van der Waals surface area contributed by atoms with E-state index >= 15 is 0 Å². The molecule has 9 nitrogen and oxygen atoms in total. The molecule has 20 heavy (non-hydrogen) atoms. The van der Waals surface area contributed by atoms with Crippen LogP contribution in [0.4, 0.5) is 5.82 Å². The van der Waals surface area contributed by atoms with Crippen LogP contribution in [0.25, 0.3) is 5.52 Å². The van der Waals surface area contributed by atoms with Crippen molar-refractivity contribution in [3.05, 3.63) is 24.2 Å². The number of nitrogen functional groups attached to an aromatic ring is 1. The van der Waals surface area contributed by atoms with Crippen LogP contribution in [0.5, 0.6) is 0 Å². The van der Waals surface area contributed by atoms with Gasteiger partial charge in [-0.2, -0.15) is 5.10 Å². The van der Waals surface area contributed by atoms with Crippen molar-refractivity contribution in [3.8, 4) is 0 Å². The fourth-order valence-electron chi connectivity index (χ4n) is 1.77. The van der Waals surface area contributed by atoms with Crippen LogP contribution in [0.15, 0.2) is 18.5 Å². The molecule has 0 aromatic carbocycles. The number of aliphatic hydroxyl groups excluding tert-OH is 1. The largest absolute Gasteiger partial charge is 0.394 e. The van der Waals surface area contributed by atoms with Gasteiger partial charge in [0.25, 0.3) is 0 Å². The summed E-state index contributed by atoms with van der Waals surface area (Å²) in [5.41, 5.74) is 7.01. The van der Waals surface area contributed by atoms with Gasteiger partial charge in [0.2, 0.25) is 0 Å². The second kappa shape index (κ2) is 5.86. The van der Waals surface area contributed by atoms with E-state index in [1.165, 1.54) is 6.33 Å². The molecule has 2 aromatic rings. The molecule has 0 aliphatic heterocycles. The average molecular weight is 302 g/mol. The third-order valence-corrected chi connectivity index (χ3v) is 3.16. The molecule has 2 heterocycles. The lowest BCUT2D eigenvalue weighted by Gasteiger charge is -2.15. The van der Waals surface area contributed by atoms with Crippen LogP contribution >= 0.6 is 7.60 Å². The summed E-state index contributed by atoms with van der Waals surface area (Å²) in [4.78, 5) is 21.4. The summed E-state index contributed by atoms with van der Waals surface area (Å²) in [6, 6.07) is 3.46. The Labute approximate surface area is 114 Å². The number of anilines is 1. The smallest absolute Gasteiger partial charge is 0.350 e. The molecule has 2 aromatic heterocycles. The molecule has 0 saturated carbocycles. The van der Waals surface area contributed by atoms with Crippen LogP contribution < -0.4 is 5.73 Å². The highest BCUT2D eigenvalue weighted by Crippen LogP contribution is 2.34. The minimum atomic E-state index is -4.26. The Hall–Kier alpha value is -1.51. The summed E-state index contributed by atoms with van der Waals surface area (Å²) in [7, 11) is -4.26. The molecule has 0 bridgehead atoms. The molecule has 110 valence electrons. The topological polar surface area (TPSA) is 143 Å². The van der Waals surface area contributed by atoms with Crippen molar-refractivity contribution >= 4 is 18.9 Å². The number of aliphatic hydroxyl groups is 1. The molecule has 2 rings (SSSR count). The van der Waals surface area contributed by atoms with Crippen LogP contribution in [0.2, 0.25) is 0 Å². The monoisotopic (exact) mass is 302 g/mol. The van der Waals surface area contributed by atoms with Crippen molar-refractivity contribution < 1.29 is 24.2 Å². The van der Waals surface area contributed by atoms with E-state index < -0.39 is 20.0 Å². The predicted molar refractivity (Wildman–Crippen MR) is 70.0 cm³/mol. The number of hydrogen-bond donors (Lipinski definition) is 4. The number of aromatic nitrogens is 3. The Bertz CT molecular complexity index is 640. The van der Waals surface area contributed by atoms with Gasteiger partial charge in [-0.15, -0.1) is 0 Å². The average Bonchev–Trinajstić information content (AvgIpc) is 2.78. The van der Waals surface area contributed by atoms with Crippen molar-refractivity contribution in [2.45, 2.75) is 12.5 Å². The lowest BCUT2D eigenvalue weighted by atomic mass is 10.2. The van der Waals surface area contributed by atoms with E-state index in [9.17, 15) is 9.67 Å². The Kier molecular flexibility index (Phi) is 4.36. The van der Waals surface area contributed by atoms with Gasteiger partial charge >= 0.3 is 7.60 Å². The Morgan fingerprint density at radius 3 is 2.85 bits per heavy atom. The molecular weight excluding hydrogens is 287 g/mol. The second-order valence-corrected chi connectivity index (χ2v) is 5.82. The van der Waals surface area contributed by atoms with Crippen molar-refractivity contribution in [2.75, 3.05) is 18.7 Å². The van der Waals surface area contributed by atoms with Crippen LogP contribution in [-0.4, -0.2) is 48.6 Å². The van der Waals surface area contributed by atoms with E-state index in [1.807, 2.05) is 0 Å². The van der Waals surface area contributed by atoms with Crippen molar-refractivity contribution in [1.29, 1.82) is 0 Å². The molecule has 0 spiro atoms. The zero-order valence-electron chi connectivity index (χ0n) is 10.5. The number of nitrogens with zero attached hydrogens (tertiary/aromatic N) is 3. The molecular formula is C10H15N4O5P. The summed E-state index contributed by atoms with van der Waals surface area (Å²) in [6.45, 7) is -0.367. The van der Waals surface area contributed by atoms with Crippen LogP contribution in [0, 0.1) is 0 Å². The first-order valence-corrected chi connectivity index (χ1v) is 7.54. The van der Waals surface area contributed by atoms with E-state index in [-0.39, 0.29) is 13.0 Å². The number of ether oxygens (including phenoxy) is 1. The minimum Gasteiger partial charge on any atom is -0.394 e. The zero-order chi connectivity index (χ0) is 14.8. The fraction of sp³-hybridized carbons (Fsp3) is 0.400. The number of fused-ring (bicyclic) bond motifs is 1. The summed E-state index contributed by atoms with van der Waals surface area (Å²) in [5.74, 6) is 0.322. The van der Waals surface area contributed by atoms with E-state index in [2.05, 4.69) is 10.1 Å². The molecule has 0 aliphatic rings. The molecule has 1 unspecified atom stereocenters. The van der Waals surface area contributed by atoms with E-state index in [4.69, 9.17) is 20.3 Å². The maximum absolute atomic E-state index is 10.8.